The minimum absolute atomic E-state index is 0.0129. The average Bonchev–Trinajstić information content (AvgIpc) is 2.40. The third-order valence-corrected chi connectivity index (χ3v) is 2.88. The molecule has 0 heterocycles. The summed E-state index contributed by atoms with van der Waals surface area (Å²) in [5.74, 6) is -1.09. The number of hydrogen-bond donors (Lipinski definition) is 6. The molecule has 0 saturated heterocycles. The van der Waals surface area contributed by atoms with Crippen LogP contribution in [0.3, 0.4) is 0 Å². The minimum Gasteiger partial charge on any atom is -0.480 e. The molecule has 0 aliphatic rings. The normalized spacial score (nSPS) is 12.5. The van der Waals surface area contributed by atoms with Crippen LogP contribution in [0.1, 0.15) is 19.3 Å². The highest BCUT2D eigenvalue weighted by Gasteiger charge is 2.09. The van der Waals surface area contributed by atoms with E-state index < -0.39 is 24.0 Å². The lowest BCUT2D eigenvalue weighted by atomic mass is 10.2. The first-order valence-corrected chi connectivity index (χ1v) is 7.62. The fourth-order valence-electron chi connectivity index (χ4n) is 1.01. The Hall–Kier alpha value is -1.52. The van der Waals surface area contributed by atoms with E-state index >= 15 is 0 Å². The predicted octanol–water partition coefficient (Wildman–Crippen LogP) is -1.40. The first-order valence-electron chi connectivity index (χ1n) is 6.23. The standard InChI is InChI=1S/C6H14N4O2.C5H11NO2S/c7-4(5(11)12)2-1-3-10-6(8)9;1-9-3-2-4(6)5(7)8/h4H,1-3,7H2,(H,11,12)(H4,8,9,10);4H,2-3,6H2,1H3,(H,7,8)/t2*4-/m00/s1. The van der Waals surface area contributed by atoms with Crippen LogP contribution in [-0.2, 0) is 9.59 Å². The van der Waals surface area contributed by atoms with Gasteiger partial charge < -0.3 is 33.1 Å². The Kier molecular flexibility index (Phi) is 14.0. The van der Waals surface area contributed by atoms with Gasteiger partial charge >= 0.3 is 11.9 Å². The van der Waals surface area contributed by atoms with Crippen LogP contribution in [0.2, 0.25) is 0 Å². The summed E-state index contributed by atoms with van der Waals surface area (Å²) < 4.78 is 0. The number of carboxylic acids is 2. The molecule has 0 unspecified atom stereocenters. The molecule has 9 nitrogen and oxygen atoms in total. The minimum atomic E-state index is -1.00. The highest BCUT2D eigenvalue weighted by molar-refractivity contribution is 7.98. The molecule has 0 aliphatic heterocycles. The fraction of sp³-hybridized carbons (Fsp3) is 0.727. The Bertz CT molecular complexity index is 337. The summed E-state index contributed by atoms with van der Waals surface area (Å²) in [5.41, 5.74) is 20.5. The van der Waals surface area contributed by atoms with Gasteiger partial charge in [0, 0.05) is 6.54 Å². The molecular weight excluding hydrogens is 298 g/mol. The molecule has 0 saturated carbocycles. The third kappa shape index (κ3) is 16.4. The maximum absolute atomic E-state index is 10.2. The number of thioether (sulfide) groups is 1. The average molecular weight is 323 g/mol. The van der Waals surface area contributed by atoms with E-state index in [1.807, 2.05) is 6.26 Å². The van der Waals surface area contributed by atoms with Crippen LogP contribution in [0.15, 0.2) is 4.99 Å². The predicted molar refractivity (Wildman–Crippen MR) is 84.1 cm³/mol. The molecule has 21 heavy (non-hydrogen) atoms. The van der Waals surface area contributed by atoms with Crippen LogP contribution >= 0.6 is 11.8 Å². The van der Waals surface area contributed by atoms with Crippen LogP contribution < -0.4 is 22.9 Å². The van der Waals surface area contributed by atoms with E-state index in [4.69, 9.17) is 33.1 Å². The van der Waals surface area contributed by atoms with Gasteiger partial charge in [-0.2, -0.15) is 11.8 Å². The molecule has 2 atom stereocenters. The summed E-state index contributed by atoms with van der Waals surface area (Å²) in [5, 5.41) is 16.7. The Morgan fingerprint density at radius 3 is 1.95 bits per heavy atom. The van der Waals surface area contributed by atoms with Crippen LogP contribution in [0, 0.1) is 0 Å². The largest absolute Gasteiger partial charge is 0.480 e. The van der Waals surface area contributed by atoms with Gasteiger partial charge in [0.15, 0.2) is 5.96 Å². The van der Waals surface area contributed by atoms with Crippen molar-refractivity contribution in [2.45, 2.75) is 31.3 Å². The molecule has 124 valence electrons. The lowest BCUT2D eigenvalue weighted by Crippen LogP contribution is -2.30. The van der Waals surface area contributed by atoms with Gasteiger partial charge in [-0.3, -0.25) is 14.6 Å². The maximum Gasteiger partial charge on any atom is 0.320 e. The monoisotopic (exact) mass is 323 g/mol. The van der Waals surface area contributed by atoms with Gasteiger partial charge in [0.2, 0.25) is 0 Å². The summed E-state index contributed by atoms with van der Waals surface area (Å²) in [6, 6.07) is -1.50. The first kappa shape index (κ1) is 21.8. The lowest BCUT2D eigenvalue weighted by Gasteiger charge is -2.03. The quantitative estimate of drug-likeness (QED) is 0.168. The van der Waals surface area contributed by atoms with Crippen molar-refractivity contribution in [2.24, 2.45) is 27.9 Å². The Morgan fingerprint density at radius 1 is 1.10 bits per heavy atom. The lowest BCUT2D eigenvalue weighted by molar-refractivity contribution is -0.139. The highest BCUT2D eigenvalue weighted by Crippen LogP contribution is 1.97. The van der Waals surface area contributed by atoms with Crippen LogP contribution in [0.4, 0.5) is 0 Å². The molecule has 0 amide bonds. The van der Waals surface area contributed by atoms with Crippen molar-refractivity contribution in [1.82, 2.24) is 0 Å². The molecule has 0 aromatic rings. The molecule has 0 bridgehead atoms. The number of nitrogens with two attached hydrogens (primary N) is 4. The number of carboxylic acid groups (broad SMARTS) is 2. The molecule has 10 heteroatoms. The zero-order valence-corrected chi connectivity index (χ0v) is 12.9. The number of aliphatic carboxylic acids is 2. The van der Waals surface area contributed by atoms with Crippen LogP contribution in [0.25, 0.3) is 0 Å². The Morgan fingerprint density at radius 2 is 1.57 bits per heavy atom. The van der Waals surface area contributed by atoms with Gasteiger partial charge in [-0.25, -0.2) is 0 Å². The van der Waals surface area contributed by atoms with Crippen molar-refractivity contribution in [3.63, 3.8) is 0 Å². The second-order valence-electron chi connectivity index (χ2n) is 4.12. The SMILES string of the molecule is CSCC[C@H](N)C(=O)O.NC(N)=NCCC[C@H](N)C(=O)O. The number of rotatable bonds is 9. The summed E-state index contributed by atoms with van der Waals surface area (Å²) in [7, 11) is 0. The van der Waals surface area contributed by atoms with E-state index in [2.05, 4.69) is 4.99 Å². The summed E-state index contributed by atoms with van der Waals surface area (Å²) in [4.78, 5) is 24.0. The smallest absolute Gasteiger partial charge is 0.320 e. The Labute approximate surface area is 128 Å². The molecule has 10 N–H and O–H groups in total. The summed E-state index contributed by atoms with van der Waals surface area (Å²) in [6.07, 6.45) is 3.43. The van der Waals surface area contributed by atoms with E-state index in [0.717, 1.165) is 5.75 Å². The van der Waals surface area contributed by atoms with Gasteiger partial charge in [-0.1, -0.05) is 0 Å². The second-order valence-corrected chi connectivity index (χ2v) is 5.11. The number of carbonyl (C=O) groups is 2. The molecule has 0 fully saturated rings. The van der Waals surface area contributed by atoms with Gasteiger partial charge in [0.1, 0.15) is 12.1 Å². The zero-order chi connectivity index (χ0) is 16.8. The third-order valence-electron chi connectivity index (χ3n) is 2.23. The van der Waals surface area contributed by atoms with E-state index in [0.29, 0.717) is 25.8 Å². The topological polar surface area (TPSA) is 191 Å². The Balaban J connectivity index is 0. The number of aliphatic imine (C=N–C) groups is 1. The van der Waals surface area contributed by atoms with E-state index in [9.17, 15) is 9.59 Å². The molecule has 0 aliphatic carbocycles. The van der Waals surface area contributed by atoms with Crippen LogP contribution in [-0.4, -0.2) is 58.7 Å². The van der Waals surface area contributed by atoms with Crippen molar-refractivity contribution >= 4 is 29.7 Å². The summed E-state index contributed by atoms with van der Waals surface area (Å²) in [6.45, 7) is 0.420. The first-order chi connectivity index (χ1) is 9.72. The van der Waals surface area contributed by atoms with Gasteiger partial charge in [0.25, 0.3) is 0 Å². The van der Waals surface area contributed by atoms with E-state index in [1.54, 1.807) is 11.8 Å². The molecule has 0 spiro atoms. The van der Waals surface area contributed by atoms with Crippen molar-refractivity contribution in [1.29, 1.82) is 0 Å². The molecule has 0 aromatic heterocycles. The van der Waals surface area contributed by atoms with Gasteiger partial charge in [-0.05, 0) is 31.3 Å². The van der Waals surface area contributed by atoms with Crippen LogP contribution in [0.5, 0.6) is 0 Å². The van der Waals surface area contributed by atoms with E-state index in [-0.39, 0.29) is 5.96 Å². The maximum atomic E-state index is 10.2. The van der Waals surface area contributed by atoms with Crippen molar-refractivity contribution in [3.8, 4) is 0 Å². The number of guanidine groups is 1. The molecule has 0 rings (SSSR count). The number of nitrogens with zero attached hydrogens (tertiary/aromatic N) is 1. The molecular formula is C11H25N5O4S. The second kappa shape index (κ2) is 13.5. The fourth-order valence-corrected chi connectivity index (χ4v) is 1.50. The van der Waals surface area contributed by atoms with Crippen molar-refractivity contribution in [2.75, 3.05) is 18.6 Å². The van der Waals surface area contributed by atoms with Gasteiger partial charge in [-0.15, -0.1) is 0 Å². The molecule has 0 radical (unpaired) electrons. The van der Waals surface area contributed by atoms with Gasteiger partial charge in [0.05, 0.1) is 0 Å². The van der Waals surface area contributed by atoms with Crippen molar-refractivity contribution in [3.05, 3.63) is 0 Å². The number of hydrogen-bond acceptors (Lipinski definition) is 6. The van der Waals surface area contributed by atoms with Crippen molar-refractivity contribution < 1.29 is 19.8 Å². The van der Waals surface area contributed by atoms with E-state index in [1.165, 1.54) is 0 Å². The highest BCUT2D eigenvalue weighted by atomic mass is 32.2. The zero-order valence-electron chi connectivity index (χ0n) is 12.1. The molecule has 0 aromatic carbocycles. The summed E-state index contributed by atoms with van der Waals surface area (Å²) >= 11 is 1.60.